The second-order valence-corrected chi connectivity index (χ2v) is 11.9. The Bertz CT molecular complexity index is 2540. The molecule has 0 spiro atoms. The van der Waals surface area contributed by atoms with Gasteiger partial charge in [-0.05, 0) is 60.8 Å². The molecule has 16 nitrogen and oxygen atoms in total. The van der Waals surface area contributed by atoms with Crippen molar-refractivity contribution in [1.82, 2.24) is 48.6 Å². The van der Waals surface area contributed by atoms with E-state index in [1.165, 1.54) is 24.3 Å². The van der Waals surface area contributed by atoms with Gasteiger partial charge in [0.15, 0.2) is 32.8 Å². The zero-order valence-corrected chi connectivity index (χ0v) is 27.2. The number of hydrogen-bond acceptors (Lipinski definition) is 10. The standard InChI is InChI=1S/C32H22N12O4S2/c45-43(46)21-11-13-23-25(15-21)39(17-27-35-37-31(49)41(27)19-7-3-1-4-8-19)29(33-23)30-34-24-14-12-22(44(47)48)16-26(24)40(30)18-28-36-38-32(50)42(28)20-9-5-2-6-10-20/h1-16H,17-18H2,(H,37,49)(H,38,50). The first kappa shape index (κ1) is 30.7. The summed E-state index contributed by atoms with van der Waals surface area (Å²) >= 11 is 11.2. The van der Waals surface area contributed by atoms with Crippen LogP contribution in [0.15, 0.2) is 97.1 Å². The fourth-order valence-electron chi connectivity index (χ4n) is 5.95. The first-order chi connectivity index (χ1) is 24.3. The van der Waals surface area contributed by atoms with Crippen LogP contribution in [-0.4, -0.2) is 58.5 Å². The number of non-ortho nitro benzene ring substituents is 2. The molecule has 4 aromatic heterocycles. The lowest BCUT2D eigenvalue weighted by molar-refractivity contribution is -0.384. The maximum absolute atomic E-state index is 11.9. The van der Waals surface area contributed by atoms with E-state index in [0.717, 1.165) is 11.4 Å². The van der Waals surface area contributed by atoms with Gasteiger partial charge in [-0.25, -0.2) is 9.97 Å². The molecule has 0 aliphatic rings. The number of aromatic amines is 2. The number of fused-ring (bicyclic) bond motifs is 2. The average molecular weight is 703 g/mol. The number of benzene rings is 4. The second-order valence-electron chi connectivity index (χ2n) is 11.1. The highest BCUT2D eigenvalue weighted by atomic mass is 32.1. The van der Waals surface area contributed by atoms with Gasteiger partial charge in [0.25, 0.3) is 11.4 Å². The zero-order chi connectivity index (χ0) is 34.5. The van der Waals surface area contributed by atoms with Crippen molar-refractivity contribution in [2.45, 2.75) is 13.1 Å². The molecule has 8 rings (SSSR count). The van der Waals surface area contributed by atoms with Crippen molar-refractivity contribution in [1.29, 1.82) is 0 Å². The molecule has 0 aliphatic carbocycles. The quantitative estimate of drug-likeness (QED) is 0.0960. The van der Waals surface area contributed by atoms with Gasteiger partial charge in [0.05, 0.1) is 45.0 Å². The van der Waals surface area contributed by atoms with Gasteiger partial charge in [-0.2, -0.15) is 10.2 Å². The van der Waals surface area contributed by atoms with Gasteiger partial charge in [-0.1, -0.05) is 36.4 Å². The number of para-hydroxylation sites is 2. The number of aromatic nitrogens is 10. The van der Waals surface area contributed by atoms with Crippen LogP contribution in [0.5, 0.6) is 0 Å². The molecule has 50 heavy (non-hydrogen) atoms. The summed E-state index contributed by atoms with van der Waals surface area (Å²) in [5, 5.41) is 38.5. The second kappa shape index (κ2) is 12.1. The van der Waals surface area contributed by atoms with Gasteiger partial charge in [0.2, 0.25) is 0 Å². The fourth-order valence-corrected chi connectivity index (χ4v) is 6.46. The number of nitro groups is 2. The van der Waals surface area contributed by atoms with Crippen LogP contribution in [0.3, 0.4) is 0 Å². The summed E-state index contributed by atoms with van der Waals surface area (Å²) in [5.41, 5.74) is 3.08. The molecule has 18 heteroatoms. The first-order valence-corrected chi connectivity index (χ1v) is 15.8. The molecular formula is C32H22N12O4S2. The molecule has 0 amide bonds. The highest BCUT2D eigenvalue weighted by Gasteiger charge is 2.25. The van der Waals surface area contributed by atoms with E-state index in [-0.39, 0.29) is 24.5 Å². The number of imidazole rings is 2. The van der Waals surface area contributed by atoms with E-state index in [2.05, 4.69) is 20.4 Å². The SMILES string of the molecule is O=[N+]([O-])c1ccc2nc(-c3nc4ccc([N+](=O)[O-])cc4n3Cc3n[nH]c(=S)n3-c3ccccc3)n(Cc3n[nH]c(=S)n3-c3ccccc3)c2c1. The minimum Gasteiger partial charge on any atom is -0.313 e. The molecule has 4 aromatic carbocycles. The summed E-state index contributed by atoms with van der Waals surface area (Å²) in [7, 11) is 0. The summed E-state index contributed by atoms with van der Waals surface area (Å²) in [5.74, 6) is 1.65. The Balaban J connectivity index is 1.38. The highest BCUT2D eigenvalue weighted by molar-refractivity contribution is 7.71. The minimum absolute atomic E-state index is 0.0706. The predicted molar refractivity (Wildman–Crippen MR) is 187 cm³/mol. The molecule has 0 fully saturated rings. The normalized spacial score (nSPS) is 11.4. The lowest BCUT2D eigenvalue weighted by Gasteiger charge is -2.13. The maximum Gasteiger partial charge on any atom is 0.271 e. The van der Waals surface area contributed by atoms with E-state index < -0.39 is 9.85 Å². The number of hydrogen-bond donors (Lipinski definition) is 2. The van der Waals surface area contributed by atoms with Crippen molar-refractivity contribution < 1.29 is 9.85 Å². The Morgan fingerprint density at radius 3 is 1.38 bits per heavy atom. The molecule has 246 valence electrons. The number of H-pyrrole nitrogens is 2. The van der Waals surface area contributed by atoms with Gasteiger partial charge in [-0.15, -0.1) is 0 Å². The lowest BCUT2D eigenvalue weighted by Crippen LogP contribution is -2.13. The molecule has 0 saturated carbocycles. The molecule has 0 radical (unpaired) electrons. The van der Waals surface area contributed by atoms with Crippen molar-refractivity contribution in [2.75, 3.05) is 0 Å². The van der Waals surface area contributed by atoms with Crippen molar-refractivity contribution in [2.24, 2.45) is 0 Å². The minimum atomic E-state index is -0.475. The van der Waals surface area contributed by atoms with E-state index in [1.807, 2.05) is 60.7 Å². The summed E-state index contributed by atoms with van der Waals surface area (Å²) in [6.45, 7) is 0.141. The van der Waals surface area contributed by atoms with Crippen LogP contribution in [0, 0.1) is 29.8 Å². The molecule has 4 heterocycles. The van der Waals surface area contributed by atoms with E-state index in [4.69, 9.17) is 34.4 Å². The topological polar surface area (TPSA) is 189 Å². The molecule has 8 aromatic rings. The number of rotatable bonds is 9. The van der Waals surface area contributed by atoms with E-state index in [9.17, 15) is 20.2 Å². The Morgan fingerprint density at radius 1 is 0.600 bits per heavy atom. The molecule has 0 aliphatic heterocycles. The predicted octanol–water partition coefficient (Wildman–Crippen LogP) is 6.45. The van der Waals surface area contributed by atoms with E-state index >= 15 is 0 Å². The smallest absolute Gasteiger partial charge is 0.271 e. The van der Waals surface area contributed by atoms with Crippen molar-refractivity contribution in [3.8, 4) is 23.0 Å². The van der Waals surface area contributed by atoms with Gasteiger partial charge >= 0.3 is 0 Å². The number of nitrogens with one attached hydrogen (secondary N) is 2. The summed E-state index contributed by atoms with van der Waals surface area (Å²) < 4.78 is 7.79. The third-order valence-electron chi connectivity index (χ3n) is 8.20. The van der Waals surface area contributed by atoms with Crippen molar-refractivity contribution in [3.05, 3.63) is 138 Å². The molecule has 2 N–H and O–H groups in total. The van der Waals surface area contributed by atoms with Crippen LogP contribution in [0.25, 0.3) is 45.1 Å². The third kappa shape index (κ3) is 5.24. The van der Waals surface area contributed by atoms with Crippen LogP contribution in [0.4, 0.5) is 11.4 Å². The fraction of sp³-hybridized carbons (Fsp3) is 0.0625. The lowest BCUT2D eigenvalue weighted by atomic mass is 10.2. The Morgan fingerprint density at radius 2 is 1.00 bits per heavy atom. The Kier molecular flexibility index (Phi) is 7.42. The van der Waals surface area contributed by atoms with Crippen LogP contribution < -0.4 is 0 Å². The number of nitrogens with zero attached hydrogens (tertiary/aromatic N) is 10. The van der Waals surface area contributed by atoms with Crippen LogP contribution in [0.2, 0.25) is 0 Å². The Labute approximate surface area is 290 Å². The van der Waals surface area contributed by atoms with E-state index in [1.54, 1.807) is 30.4 Å². The highest BCUT2D eigenvalue weighted by Crippen LogP contribution is 2.33. The molecule has 0 bridgehead atoms. The average Bonchev–Trinajstić information content (AvgIpc) is 3.88. The largest absolute Gasteiger partial charge is 0.313 e. The van der Waals surface area contributed by atoms with Crippen molar-refractivity contribution in [3.63, 3.8) is 0 Å². The van der Waals surface area contributed by atoms with Crippen LogP contribution in [-0.2, 0) is 13.1 Å². The summed E-state index contributed by atoms with van der Waals surface area (Å²) in [6, 6.07) is 27.6. The zero-order valence-electron chi connectivity index (χ0n) is 25.6. The van der Waals surface area contributed by atoms with Crippen molar-refractivity contribution >= 4 is 57.9 Å². The monoisotopic (exact) mass is 702 g/mol. The molecular weight excluding hydrogens is 681 g/mol. The van der Waals surface area contributed by atoms with Gasteiger partial charge in [0, 0.05) is 35.6 Å². The van der Waals surface area contributed by atoms with Gasteiger partial charge < -0.3 is 9.13 Å². The maximum atomic E-state index is 11.9. The summed E-state index contributed by atoms with van der Waals surface area (Å²) in [6.07, 6.45) is 0. The van der Waals surface area contributed by atoms with E-state index in [0.29, 0.717) is 54.9 Å². The Hall–Kier alpha value is -6.66. The van der Waals surface area contributed by atoms with Crippen LogP contribution >= 0.6 is 24.4 Å². The molecule has 0 saturated heterocycles. The van der Waals surface area contributed by atoms with Gasteiger partial charge in [-0.3, -0.25) is 39.6 Å². The number of nitro benzene ring substituents is 2. The molecule has 0 atom stereocenters. The van der Waals surface area contributed by atoms with Gasteiger partial charge in [0.1, 0.15) is 0 Å². The van der Waals surface area contributed by atoms with Crippen LogP contribution in [0.1, 0.15) is 11.6 Å². The molecule has 0 unspecified atom stereocenters. The third-order valence-corrected chi connectivity index (χ3v) is 8.74. The summed E-state index contributed by atoms with van der Waals surface area (Å²) in [4.78, 5) is 32.7. The first-order valence-electron chi connectivity index (χ1n) is 15.0.